The molecule has 0 unspecified atom stereocenters. The molecule has 4 N–H and O–H groups in total. The van der Waals surface area contributed by atoms with Crippen LogP contribution >= 0.6 is 0 Å². The number of anilines is 2. The minimum absolute atomic E-state index is 0.0452. The fraction of sp³-hybridized carbons (Fsp3) is 0.417. The van der Waals surface area contributed by atoms with Crippen LogP contribution in [0, 0.1) is 5.92 Å². The standard InChI is InChI=1S/C24H30N4O6/c1-14-11-28(15(2)12-29)23(30)18-8-16(4-6-19(18)34-22(14)10-25-3)26-24(31)27-17-5-7-20-21(9-17)33-13-32-20/h4-9,14-15,22,25,29H,10-13H2,1-3H3,(H2,26,27,31)/t14-,15+,22-/m0/s1. The lowest BCUT2D eigenvalue weighted by molar-refractivity contribution is 0.0416. The highest BCUT2D eigenvalue weighted by atomic mass is 16.7. The van der Waals surface area contributed by atoms with Gasteiger partial charge in [-0.2, -0.15) is 0 Å². The van der Waals surface area contributed by atoms with Crippen LogP contribution < -0.4 is 30.2 Å². The summed E-state index contributed by atoms with van der Waals surface area (Å²) in [7, 11) is 1.85. The average molecular weight is 471 g/mol. The summed E-state index contributed by atoms with van der Waals surface area (Å²) >= 11 is 0. The van der Waals surface area contributed by atoms with E-state index in [9.17, 15) is 14.7 Å². The van der Waals surface area contributed by atoms with Crippen molar-refractivity contribution in [1.29, 1.82) is 0 Å². The number of rotatable bonds is 6. The summed E-state index contributed by atoms with van der Waals surface area (Å²) in [4.78, 5) is 27.7. The first-order valence-corrected chi connectivity index (χ1v) is 11.2. The maximum absolute atomic E-state index is 13.4. The van der Waals surface area contributed by atoms with E-state index in [4.69, 9.17) is 14.2 Å². The van der Waals surface area contributed by atoms with E-state index in [0.29, 0.717) is 47.3 Å². The van der Waals surface area contributed by atoms with E-state index >= 15 is 0 Å². The molecule has 3 amide bonds. The summed E-state index contributed by atoms with van der Waals surface area (Å²) in [5.74, 6) is 1.41. The Morgan fingerprint density at radius 3 is 2.50 bits per heavy atom. The van der Waals surface area contributed by atoms with Crippen LogP contribution in [0.15, 0.2) is 36.4 Å². The molecule has 182 valence electrons. The second-order valence-corrected chi connectivity index (χ2v) is 8.54. The molecule has 0 fully saturated rings. The Balaban J connectivity index is 1.55. The summed E-state index contributed by atoms with van der Waals surface area (Å²) in [6.45, 7) is 4.87. The molecular formula is C24H30N4O6. The van der Waals surface area contributed by atoms with Gasteiger partial charge in [-0.25, -0.2) is 4.79 Å². The van der Waals surface area contributed by atoms with Crippen LogP contribution in [-0.2, 0) is 0 Å². The third-order valence-corrected chi connectivity index (χ3v) is 5.96. The molecule has 34 heavy (non-hydrogen) atoms. The largest absolute Gasteiger partial charge is 0.488 e. The fourth-order valence-corrected chi connectivity index (χ4v) is 4.01. The van der Waals surface area contributed by atoms with Gasteiger partial charge in [0.25, 0.3) is 5.91 Å². The lowest BCUT2D eigenvalue weighted by Gasteiger charge is -2.37. The van der Waals surface area contributed by atoms with Gasteiger partial charge in [-0.05, 0) is 44.3 Å². The van der Waals surface area contributed by atoms with Crippen molar-refractivity contribution in [2.24, 2.45) is 5.92 Å². The van der Waals surface area contributed by atoms with Crippen molar-refractivity contribution in [2.75, 3.05) is 44.2 Å². The maximum atomic E-state index is 13.4. The van der Waals surface area contributed by atoms with Gasteiger partial charge < -0.3 is 40.2 Å². The summed E-state index contributed by atoms with van der Waals surface area (Å²) in [6, 6.07) is 9.25. The molecule has 0 saturated heterocycles. The Bertz CT molecular complexity index is 1060. The quantitative estimate of drug-likeness (QED) is 0.512. The molecule has 0 bridgehead atoms. The minimum atomic E-state index is -0.472. The Labute approximate surface area is 198 Å². The van der Waals surface area contributed by atoms with Crippen molar-refractivity contribution in [3.63, 3.8) is 0 Å². The normalized spacial score (nSPS) is 20.0. The van der Waals surface area contributed by atoms with Crippen LogP contribution in [0.3, 0.4) is 0 Å². The first-order chi connectivity index (χ1) is 16.4. The summed E-state index contributed by atoms with van der Waals surface area (Å²) < 4.78 is 16.8. The SMILES string of the molecule is CNC[C@@H]1Oc2ccc(NC(=O)Nc3ccc4c(c3)OCO4)cc2C(=O)N([C@H](C)CO)C[C@@H]1C. The zero-order chi connectivity index (χ0) is 24.2. The lowest BCUT2D eigenvalue weighted by atomic mass is 9.99. The van der Waals surface area contributed by atoms with Crippen molar-refractivity contribution in [2.45, 2.75) is 26.0 Å². The van der Waals surface area contributed by atoms with Crippen LogP contribution in [0.1, 0.15) is 24.2 Å². The first kappa shape index (κ1) is 23.7. The first-order valence-electron chi connectivity index (χ1n) is 11.2. The number of hydrogen-bond acceptors (Lipinski definition) is 7. The number of urea groups is 1. The second-order valence-electron chi connectivity index (χ2n) is 8.54. The van der Waals surface area contributed by atoms with E-state index in [0.717, 1.165) is 0 Å². The smallest absolute Gasteiger partial charge is 0.323 e. The van der Waals surface area contributed by atoms with Crippen LogP contribution in [0.2, 0.25) is 0 Å². The highest BCUT2D eigenvalue weighted by molar-refractivity contribution is 6.02. The van der Waals surface area contributed by atoms with E-state index in [1.165, 1.54) is 0 Å². The number of nitrogens with zero attached hydrogens (tertiary/aromatic N) is 1. The van der Waals surface area contributed by atoms with E-state index in [-0.39, 0.29) is 37.4 Å². The molecule has 2 aromatic rings. The Kier molecular flexibility index (Phi) is 7.09. The molecule has 10 heteroatoms. The predicted molar refractivity (Wildman–Crippen MR) is 127 cm³/mol. The molecule has 0 radical (unpaired) electrons. The van der Waals surface area contributed by atoms with Gasteiger partial charge in [-0.1, -0.05) is 6.92 Å². The van der Waals surface area contributed by atoms with Gasteiger partial charge in [-0.15, -0.1) is 0 Å². The number of benzene rings is 2. The van der Waals surface area contributed by atoms with Gasteiger partial charge in [0.2, 0.25) is 6.79 Å². The number of amides is 3. The molecule has 2 heterocycles. The molecule has 2 aliphatic heterocycles. The molecule has 0 aromatic heterocycles. The number of hydrogen-bond donors (Lipinski definition) is 4. The summed E-state index contributed by atoms with van der Waals surface area (Å²) in [5, 5.41) is 18.4. The highest BCUT2D eigenvalue weighted by Crippen LogP contribution is 2.34. The molecule has 2 aromatic carbocycles. The van der Waals surface area contributed by atoms with Crippen molar-refractivity contribution in [3.8, 4) is 17.2 Å². The predicted octanol–water partition coefficient (Wildman–Crippen LogP) is 2.50. The van der Waals surface area contributed by atoms with Gasteiger partial charge >= 0.3 is 6.03 Å². The number of carbonyl (C=O) groups is 2. The molecule has 3 atom stereocenters. The van der Waals surface area contributed by atoms with Crippen molar-refractivity contribution < 1.29 is 28.9 Å². The number of carbonyl (C=O) groups excluding carboxylic acids is 2. The number of ether oxygens (including phenoxy) is 3. The van der Waals surface area contributed by atoms with Gasteiger partial charge in [0.15, 0.2) is 11.5 Å². The van der Waals surface area contributed by atoms with Gasteiger partial charge in [-0.3, -0.25) is 4.79 Å². The second kappa shape index (κ2) is 10.2. The van der Waals surface area contributed by atoms with Crippen molar-refractivity contribution in [1.82, 2.24) is 10.2 Å². The molecule has 10 nitrogen and oxygen atoms in total. The van der Waals surface area contributed by atoms with Crippen molar-refractivity contribution >= 4 is 23.3 Å². The zero-order valence-corrected chi connectivity index (χ0v) is 19.5. The Morgan fingerprint density at radius 1 is 1.12 bits per heavy atom. The third kappa shape index (κ3) is 5.02. The summed E-state index contributed by atoms with van der Waals surface area (Å²) in [5.41, 5.74) is 1.30. The molecule has 0 spiro atoms. The number of aliphatic hydroxyl groups excluding tert-OH is 1. The number of fused-ring (bicyclic) bond motifs is 2. The number of likely N-dealkylation sites (N-methyl/N-ethyl adjacent to an activating group) is 1. The zero-order valence-electron chi connectivity index (χ0n) is 19.5. The maximum Gasteiger partial charge on any atom is 0.323 e. The topological polar surface area (TPSA) is 121 Å². The van der Waals surface area contributed by atoms with Crippen molar-refractivity contribution in [3.05, 3.63) is 42.0 Å². The van der Waals surface area contributed by atoms with E-state index in [1.807, 2.05) is 14.0 Å². The van der Waals surface area contributed by atoms with Crippen LogP contribution in [0.4, 0.5) is 16.2 Å². The fourth-order valence-electron chi connectivity index (χ4n) is 4.01. The monoisotopic (exact) mass is 470 g/mol. The van der Waals surface area contributed by atoms with Gasteiger partial charge in [0.05, 0.1) is 18.2 Å². The van der Waals surface area contributed by atoms with E-state index in [1.54, 1.807) is 48.2 Å². The highest BCUT2D eigenvalue weighted by Gasteiger charge is 2.32. The molecule has 0 saturated carbocycles. The summed E-state index contributed by atoms with van der Waals surface area (Å²) in [6.07, 6.45) is -0.168. The number of aliphatic hydroxyl groups is 1. The van der Waals surface area contributed by atoms with Crippen LogP contribution in [0.25, 0.3) is 0 Å². The van der Waals surface area contributed by atoms with Crippen LogP contribution in [0.5, 0.6) is 17.2 Å². The lowest BCUT2D eigenvalue weighted by Crippen LogP contribution is -2.49. The number of nitrogens with one attached hydrogen (secondary N) is 3. The molecule has 4 rings (SSSR count). The van der Waals surface area contributed by atoms with Gasteiger partial charge in [0.1, 0.15) is 11.9 Å². The molecule has 0 aliphatic carbocycles. The Morgan fingerprint density at radius 2 is 1.79 bits per heavy atom. The van der Waals surface area contributed by atoms with E-state index in [2.05, 4.69) is 16.0 Å². The third-order valence-electron chi connectivity index (χ3n) is 5.96. The van der Waals surface area contributed by atoms with Gasteiger partial charge in [0, 0.05) is 36.4 Å². The molecular weight excluding hydrogens is 440 g/mol. The Hall–Kier alpha value is -3.50. The minimum Gasteiger partial charge on any atom is -0.488 e. The van der Waals surface area contributed by atoms with E-state index < -0.39 is 6.03 Å². The van der Waals surface area contributed by atoms with Crippen LogP contribution in [-0.4, -0.2) is 67.6 Å². The average Bonchev–Trinajstić information content (AvgIpc) is 3.29. The molecule has 2 aliphatic rings.